The highest BCUT2D eigenvalue weighted by molar-refractivity contribution is 9.10. The minimum absolute atomic E-state index is 0.204. The van der Waals surface area contributed by atoms with E-state index in [4.69, 9.17) is 13.9 Å². The summed E-state index contributed by atoms with van der Waals surface area (Å²) in [5.74, 6) is 1.20. The number of nitrogens with one attached hydrogen (secondary N) is 1. The highest BCUT2D eigenvalue weighted by Crippen LogP contribution is 2.33. The molecule has 0 fully saturated rings. The predicted molar refractivity (Wildman–Crippen MR) is 109 cm³/mol. The molecule has 1 amide bonds. The van der Waals surface area contributed by atoms with Gasteiger partial charge >= 0.3 is 0 Å². The molecule has 9 nitrogen and oxygen atoms in total. The van der Waals surface area contributed by atoms with E-state index in [0.29, 0.717) is 17.3 Å². The molecule has 0 bridgehead atoms. The Morgan fingerprint density at radius 2 is 2.04 bits per heavy atom. The van der Waals surface area contributed by atoms with Crippen LogP contribution < -0.4 is 19.2 Å². The van der Waals surface area contributed by atoms with Gasteiger partial charge in [-0.15, -0.1) is 0 Å². The van der Waals surface area contributed by atoms with Crippen LogP contribution in [0, 0.1) is 6.92 Å². The van der Waals surface area contributed by atoms with Gasteiger partial charge in [-0.2, -0.15) is 5.10 Å². The number of carbonyl (C=O) groups excluding carboxylic acids is 1. The van der Waals surface area contributed by atoms with Gasteiger partial charge in [-0.25, -0.2) is 13.8 Å². The first kappa shape index (κ1) is 21.8. The number of hydrazone groups is 1. The van der Waals surface area contributed by atoms with E-state index in [0.717, 1.165) is 15.0 Å². The first-order valence-corrected chi connectivity index (χ1v) is 10.6. The number of furan rings is 1. The van der Waals surface area contributed by atoms with Crippen LogP contribution in [-0.2, 0) is 14.8 Å². The van der Waals surface area contributed by atoms with E-state index in [9.17, 15) is 13.2 Å². The third-order valence-electron chi connectivity index (χ3n) is 3.60. The molecular formula is C17H20BrN3O6S. The summed E-state index contributed by atoms with van der Waals surface area (Å²) in [5, 5.41) is 3.78. The second-order valence-electron chi connectivity index (χ2n) is 5.65. The van der Waals surface area contributed by atoms with Gasteiger partial charge in [-0.3, -0.25) is 9.10 Å². The van der Waals surface area contributed by atoms with Crippen LogP contribution in [0.25, 0.3) is 0 Å². The molecule has 0 unspecified atom stereocenters. The summed E-state index contributed by atoms with van der Waals surface area (Å²) in [5.41, 5.74) is 2.48. The van der Waals surface area contributed by atoms with Crippen molar-refractivity contribution in [1.82, 2.24) is 5.43 Å². The summed E-state index contributed by atoms with van der Waals surface area (Å²) in [4.78, 5) is 12.2. The molecule has 0 aliphatic heterocycles. The number of sulfonamides is 1. The van der Waals surface area contributed by atoms with Crippen molar-refractivity contribution >= 4 is 43.8 Å². The number of carbonyl (C=O) groups is 1. The Hall–Kier alpha value is -2.53. The summed E-state index contributed by atoms with van der Waals surface area (Å²) < 4.78 is 41.9. The van der Waals surface area contributed by atoms with Crippen molar-refractivity contribution in [3.63, 3.8) is 0 Å². The summed E-state index contributed by atoms with van der Waals surface area (Å²) >= 11 is 3.30. The molecule has 2 aromatic rings. The van der Waals surface area contributed by atoms with E-state index in [1.807, 2.05) is 0 Å². The molecule has 1 heterocycles. The fraction of sp³-hybridized carbons (Fsp3) is 0.294. The SMILES string of the molecule is COc1ccc(N(CC(=O)NN=Cc2cc(Br)c(C)o2)S(C)(=O)=O)c(OC)c1. The van der Waals surface area contributed by atoms with Crippen LogP contribution in [0.3, 0.4) is 0 Å². The zero-order valence-electron chi connectivity index (χ0n) is 15.7. The number of halogens is 1. The molecule has 0 spiro atoms. The van der Waals surface area contributed by atoms with Crippen LogP contribution >= 0.6 is 15.9 Å². The van der Waals surface area contributed by atoms with Crippen LogP contribution in [0.4, 0.5) is 5.69 Å². The largest absolute Gasteiger partial charge is 0.497 e. The lowest BCUT2D eigenvalue weighted by Crippen LogP contribution is -2.39. The molecule has 1 aromatic heterocycles. The van der Waals surface area contributed by atoms with E-state index in [-0.39, 0.29) is 11.4 Å². The number of nitrogens with zero attached hydrogens (tertiary/aromatic N) is 2. The molecule has 2 rings (SSSR count). The number of hydrogen-bond donors (Lipinski definition) is 1. The van der Waals surface area contributed by atoms with Gasteiger partial charge in [0, 0.05) is 12.1 Å². The molecule has 11 heteroatoms. The Morgan fingerprint density at radius 3 is 2.57 bits per heavy atom. The third-order valence-corrected chi connectivity index (χ3v) is 5.51. The molecule has 1 aromatic carbocycles. The summed E-state index contributed by atoms with van der Waals surface area (Å²) in [6.07, 6.45) is 2.31. The van der Waals surface area contributed by atoms with Crippen LogP contribution in [0.2, 0.25) is 0 Å². The van der Waals surface area contributed by atoms with Crippen LogP contribution in [0.1, 0.15) is 11.5 Å². The number of rotatable bonds is 8. The molecular weight excluding hydrogens is 454 g/mol. The average Bonchev–Trinajstić information content (AvgIpc) is 2.96. The first-order chi connectivity index (χ1) is 13.2. The van der Waals surface area contributed by atoms with Crippen LogP contribution in [0.15, 0.2) is 38.3 Å². The van der Waals surface area contributed by atoms with Gasteiger partial charge < -0.3 is 13.9 Å². The van der Waals surface area contributed by atoms with Crippen molar-refractivity contribution in [1.29, 1.82) is 0 Å². The summed E-state index contributed by atoms with van der Waals surface area (Å²) in [7, 11) is -0.895. The quantitative estimate of drug-likeness (QED) is 0.465. The van der Waals surface area contributed by atoms with Crippen molar-refractivity contribution < 1.29 is 27.1 Å². The molecule has 0 aliphatic carbocycles. The fourth-order valence-corrected chi connectivity index (χ4v) is 3.42. The average molecular weight is 474 g/mol. The number of amides is 1. The Kier molecular flexibility index (Phi) is 7.08. The highest BCUT2D eigenvalue weighted by atomic mass is 79.9. The Balaban J connectivity index is 2.17. The van der Waals surface area contributed by atoms with Gasteiger partial charge in [-0.1, -0.05) is 0 Å². The lowest BCUT2D eigenvalue weighted by Gasteiger charge is -2.23. The van der Waals surface area contributed by atoms with E-state index in [1.165, 1.54) is 32.6 Å². The van der Waals surface area contributed by atoms with Gasteiger partial charge in [-0.05, 0) is 35.0 Å². The Labute approximate surface area is 171 Å². The number of aryl methyl sites for hydroxylation is 1. The van der Waals surface area contributed by atoms with Crippen molar-refractivity contribution in [3.05, 3.63) is 40.3 Å². The Morgan fingerprint density at radius 1 is 1.32 bits per heavy atom. The maximum absolute atomic E-state index is 12.2. The zero-order chi connectivity index (χ0) is 20.9. The topological polar surface area (TPSA) is 110 Å². The molecule has 0 radical (unpaired) electrons. The maximum atomic E-state index is 12.2. The Bertz CT molecular complexity index is 967. The fourth-order valence-electron chi connectivity index (χ4n) is 2.25. The number of ether oxygens (including phenoxy) is 2. The first-order valence-electron chi connectivity index (χ1n) is 7.93. The molecule has 0 saturated heterocycles. The number of methoxy groups -OCH3 is 2. The number of benzene rings is 1. The monoisotopic (exact) mass is 473 g/mol. The van der Waals surface area contributed by atoms with E-state index >= 15 is 0 Å². The van der Waals surface area contributed by atoms with Crippen molar-refractivity contribution in [3.8, 4) is 11.5 Å². The van der Waals surface area contributed by atoms with E-state index in [1.54, 1.807) is 19.1 Å². The van der Waals surface area contributed by atoms with Crippen molar-refractivity contribution in [2.75, 3.05) is 31.3 Å². The van der Waals surface area contributed by atoms with Crippen LogP contribution in [0.5, 0.6) is 11.5 Å². The highest BCUT2D eigenvalue weighted by Gasteiger charge is 2.24. The molecule has 1 N–H and O–H groups in total. The van der Waals surface area contributed by atoms with Crippen LogP contribution in [-0.4, -0.2) is 47.6 Å². The standard InChI is InChI=1S/C17H20BrN3O6S/c1-11-14(18)7-13(27-11)9-19-20-17(22)10-21(28(4,23)24)15-6-5-12(25-2)8-16(15)26-3/h5-9H,10H2,1-4H3,(H,20,22). The smallest absolute Gasteiger partial charge is 0.260 e. The van der Waals surface area contributed by atoms with Crippen molar-refractivity contribution in [2.24, 2.45) is 5.10 Å². The van der Waals surface area contributed by atoms with Gasteiger partial charge in [0.2, 0.25) is 10.0 Å². The van der Waals surface area contributed by atoms with Gasteiger partial charge in [0.25, 0.3) is 5.91 Å². The van der Waals surface area contributed by atoms with Gasteiger partial charge in [0.1, 0.15) is 29.6 Å². The van der Waals surface area contributed by atoms with Gasteiger partial charge in [0.15, 0.2) is 0 Å². The number of hydrogen-bond acceptors (Lipinski definition) is 7. The number of anilines is 1. The van der Waals surface area contributed by atoms with E-state index < -0.39 is 22.5 Å². The van der Waals surface area contributed by atoms with E-state index in [2.05, 4.69) is 26.5 Å². The zero-order valence-corrected chi connectivity index (χ0v) is 18.1. The minimum atomic E-state index is -3.77. The summed E-state index contributed by atoms with van der Waals surface area (Å²) in [6, 6.07) is 6.29. The minimum Gasteiger partial charge on any atom is -0.497 e. The second kappa shape index (κ2) is 9.11. The van der Waals surface area contributed by atoms with Crippen molar-refractivity contribution in [2.45, 2.75) is 6.92 Å². The predicted octanol–water partition coefficient (Wildman–Crippen LogP) is 2.28. The third kappa shape index (κ3) is 5.49. The molecule has 0 saturated carbocycles. The molecule has 0 atom stereocenters. The van der Waals surface area contributed by atoms with Gasteiger partial charge in [0.05, 0.1) is 36.9 Å². The second-order valence-corrected chi connectivity index (χ2v) is 8.41. The molecule has 0 aliphatic rings. The molecule has 152 valence electrons. The maximum Gasteiger partial charge on any atom is 0.260 e. The lowest BCUT2D eigenvalue weighted by molar-refractivity contribution is -0.119. The summed E-state index contributed by atoms with van der Waals surface area (Å²) in [6.45, 7) is 1.28. The lowest BCUT2D eigenvalue weighted by atomic mass is 10.2. The normalized spacial score (nSPS) is 11.5. The molecule has 28 heavy (non-hydrogen) atoms.